The van der Waals surface area contributed by atoms with Crippen molar-refractivity contribution in [2.24, 2.45) is 5.73 Å². The molecule has 0 heterocycles. The molecule has 1 unspecified atom stereocenters. The van der Waals surface area contributed by atoms with Crippen molar-refractivity contribution in [3.63, 3.8) is 0 Å². The zero-order chi connectivity index (χ0) is 12.3. The third-order valence-corrected chi connectivity index (χ3v) is 2.66. The highest BCUT2D eigenvalue weighted by molar-refractivity contribution is 5.94. The summed E-state index contributed by atoms with van der Waals surface area (Å²) >= 11 is 0. The molecule has 0 fully saturated rings. The summed E-state index contributed by atoms with van der Waals surface area (Å²) in [6.45, 7) is 5.47. The first-order valence-corrected chi connectivity index (χ1v) is 5.16. The maximum absolute atomic E-state index is 12.9. The molecule has 1 atom stereocenters. The van der Waals surface area contributed by atoms with E-state index < -0.39 is 11.4 Å². The number of halogens is 1. The van der Waals surface area contributed by atoms with Crippen molar-refractivity contribution in [1.29, 1.82) is 0 Å². The second kappa shape index (κ2) is 4.61. The fourth-order valence-electron chi connectivity index (χ4n) is 1.11. The molecule has 0 spiro atoms. The molecule has 3 nitrogen and oxygen atoms in total. The second-order valence-corrected chi connectivity index (χ2v) is 4.47. The molecule has 0 aliphatic heterocycles. The van der Waals surface area contributed by atoms with Crippen LogP contribution in [-0.2, 0) is 0 Å². The van der Waals surface area contributed by atoms with E-state index in [0.717, 1.165) is 0 Å². The van der Waals surface area contributed by atoms with E-state index in [1.54, 1.807) is 6.07 Å². The molecule has 0 aliphatic carbocycles. The minimum absolute atomic E-state index is 0.190. The average molecular weight is 224 g/mol. The predicted octanol–water partition coefficient (Wildman–Crippen LogP) is 1.68. The lowest BCUT2D eigenvalue weighted by Gasteiger charge is -2.30. The number of hydrogen-bond donors (Lipinski definition) is 2. The Morgan fingerprint density at radius 1 is 1.50 bits per heavy atom. The third-order valence-electron chi connectivity index (χ3n) is 2.66. The lowest BCUT2D eigenvalue weighted by atomic mass is 9.96. The van der Waals surface area contributed by atoms with Gasteiger partial charge in [0, 0.05) is 17.1 Å². The molecule has 0 aromatic heterocycles. The molecule has 0 saturated carbocycles. The van der Waals surface area contributed by atoms with Crippen LogP contribution in [0.4, 0.5) is 4.39 Å². The first kappa shape index (κ1) is 12.6. The zero-order valence-corrected chi connectivity index (χ0v) is 9.75. The summed E-state index contributed by atoms with van der Waals surface area (Å²) < 4.78 is 12.9. The zero-order valence-electron chi connectivity index (χ0n) is 9.75. The van der Waals surface area contributed by atoms with E-state index in [-0.39, 0.29) is 11.9 Å². The molecule has 1 amide bonds. The van der Waals surface area contributed by atoms with Gasteiger partial charge in [-0.15, -0.1) is 0 Å². The molecule has 0 bridgehead atoms. The molecule has 0 radical (unpaired) electrons. The molecular weight excluding hydrogens is 207 g/mol. The number of amides is 1. The smallest absolute Gasteiger partial charge is 0.251 e. The van der Waals surface area contributed by atoms with E-state index in [1.165, 1.54) is 18.2 Å². The number of benzene rings is 1. The van der Waals surface area contributed by atoms with E-state index in [0.29, 0.717) is 5.56 Å². The average Bonchev–Trinajstić information content (AvgIpc) is 2.16. The largest absolute Gasteiger partial charge is 0.346 e. The lowest BCUT2D eigenvalue weighted by Crippen LogP contribution is -2.54. The van der Waals surface area contributed by atoms with Gasteiger partial charge in [-0.1, -0.05) is 6.07 Å². The lowest BCUT2D eigenvalue weighted by molar-refractivity contribution is 0.0903. The Hall–Kier alpha value is -1.42. The van der Waals surface area contributed by atoms with Crippen LogP contribution in [0.15, 0.2) is 24.3 Å². The van der Waals surface area contributed by atoms with E-state index in [9.17, 15) is 9.18 Å². The number of carbonyl (C=O) groups excluding carboxylic acids is 1. The minimum Gasteiger partial charge on any atom is -0.346 e. The summed E-state index contributed by atoms with van der Waals surface area (Å²) in [4.78, 5) is 11.8. The van der Waals surface area contributed by atoms with Crippen LogP contribution in [0.25, 0.3) is 0 Å². The topological polar surface area (TPSA) is 55.1 Å². The number of nitrogens with one attached hydrogen (secondary N) is 1. The number of carbonyl (C=O) groups is 1. The molecule has 16 heavy (non-hydrogen) atoms. The van der Waals surface area contributed by atoms with Gasteiger partial charge < -0.3 is 11.1 Å². The van der Waals surface area contributed by atoms with Crippen LogP contribution >= 0.6 is 0 Å². The minimum atomic E-state index is -0.524. The molecular formula is C12H17FN2O. The molecule has 0 saturated heterocycles. The number of nitrogens with two attached hydrogens (primary N) is 1. The number of hydrogen-bond acceptors (Lipinski definition) is 2. The van der Waals surface area contributed by atoms with Gasteiger partial charge in [-0.3, -0.25) is 4.79 Å². The number of rotatable bonds is 3. The van der Waals surface area contributed by atoms with Gasteiger partial charge in [-0.2, -0.15) is 0 Å². The Morgan fingerprint density at radius 2 is 2.12 bits per heavy atom. The monoisotopic (exact) mass is 224 g/mol. The second-order valence-electron chi connectivity index (χ2n) is 4.47. The highest BCUT2D eigenvalue weighted by Gasteiger charge is 2.25. The van der Waals surface area contributed by atoms with Crippen molar-refractivity contribution in [3.05, 3.63) is 35.6 Å². The SMILES string of the molecule is CC(N)C(C)(C)NC(=O)c1cccc(F)c1. The quantitative estimate of drug-likeness (QED) is 0.820. The fourth-order valence-corrected chi connectivity index (χ4v) is 1.11. The molecule has 4 heteroatoms. The molecule has 1 aromatic carbocycles. The summed E-state index contributed by atoms with van der Waals surface area (Å²) in [7, 11) is 0. The Labute approximate surface area is 94.8 Å². The summed E-state index contributed by atoms with van der Waals surface area (Å²) in [6.07, 6.45) is 0. The van der Waals surface area contributed by atoms with Gasteiger partial charge in [0.1, 0.15) is 5.82 Å². The predicted molar refractivity (Wildman–Crippen MR) is 61.6 cm³/mol. The van der Waals surface area contributed by atoms with E-state index in [4.69, 9.17) is 5.73 Å². The van der Waals surface area contributed by atoms with Gasteiger partial charge in [0.25, 0.3) is 5.91 Å². The normalized spacial score (nSPS) is 13.3. The maximum atomic E-state index is 12.9. The van der Waals surface area contributed by atoms with Crippen molar-refractivity contribution in [2.75, 3.05) is 0 Å². The summed E-state index contributed by atoms with van der Waals surface area (Å²) in [5.74, 6) is -0.743. The van der Waals surface area contributed by atoms with Gasteiger partial charge in [-0.05, 0) is 39.0 Å². The Bertz CT molecular complexity index is 388. The summed E-state index contributed by atoms with van der Waals surface area (Å²) in [5.41, 5.74) is 5.51. The Morgan fingerprint density at radius 3 is 2.62 bits per heavy atom. The van der Waals surface area contributed by atoms with Crippen molar-refractivity contribution in [2.45, 2.75) is 32.4 Å². The highest BCUT2D eigenvalue weighted by atomic mass is 19.1. The van der Waals surface area contributed by atoms with Crippen LogP contribution in [0.5, 0.6) is 0 Å². The van der Waals surface area contributed by atoms with Crippen LogP contribution in [0, 0.1) is 5.82 Å². The Balaban J connectivity index is 2.81. The van der Waals surface area contributed by atoms with Gasteiger partial charge in [-0.25, -0.2) is 4.39 Å². The molecule has 1 aromatic rings. The van der Waals surface area contributed by atoms with Gasteiger partial charge in [0.15, 0.2) is 0 Å². The van der Waals surface area contributed by atoms with Crippen molar-refractivity contribution in [1.82, 2.24) is 5.32 Å². The first-order chi connectivity index (χ1) is 7.33. The van der Waals surface area contributed by atoms with Crippen LogP contribution < -0.4 is 11.1 Å². The van der Waals surface area contributed by atoms with Crippen molar-refractivity contribution in [3.8, 4) is 0 Å². The van der Waals surface area contributed by atoms with E-state index >= 15 is 0 Å². The van der Waals surface area contributed by atoms with E-state index in [1.807, 2.05) is 20.8 Å². The van der Waals surface area contributed by atoms with Gasteiger partial charge in [0.05, 0.1) is 0 Å². The molecule has 1 rings (SSSR count). The fraction of sp³-hybridized carbons (Fsp3) is 0.417. The van der Waals surface area contributed by atoms with Crippen LogP contribution in [0.1, 0.15) is 31.1 Å². The first-order valence-electron chi connectivity index (χ1n) is 5.16. The van der Waals surface area contributed by atoms with Crippen LogP contribution in [-0.4, -0.2) is 17.5 Å². The summed E-state index contributed by atoms with van der Waals surface area (Å²) in [5, 5.41) is 2.77. The van der Waals surface area contributed by atoms with Crippen LogP contribution in [0.2, 0.25) is 0 Å². The van der Waals surface area contributed by atoms with E-state index in [2.05, 4.69) is 5.32 Å². The molecule has 0 aliphatic rings. The third kappa shape index (κ3) is 3.03. The van der Waals surface area contributed by atoms with Crippen LogP contribution in [0.3, 0.4) is 0 Å². The van der Waals surface area contributed by atoms with Gasteiger partial charge in [0.2, 0.25) is 0 Å². The molecule has 88 valence electrons. The maximum Gasteiger partial charge on any atom is 0.251 e. The van der Waals surface area contributed by atoms with Gasteiger partial charge >= 0.3 is 0 Å². The molecule has 3 N–H and O–H groups in total. The highest BCUT2D eigenvalue weighted by Crippen LogP contribution is 2.09. The van der Waals surface area contributed by atoms with Crippen molar-refractivity contribution >= 4 is 5.91 Å². The Kier molecular flexibility index (Phi) is 3.65. The van der Waals surface area contributed by atoms with Crippen molar-refractivity contribution < 1.29 is 9.18 Å². The summed E-state index contributed by atoms with van der Waals surface area (Å²) in [6, 6.07) is 5.38. The standard InChI is InChI=1S/C12H17FN2O/c1-8(14)12(2,3)15-11(16)9-5-4-6-10(13)7-9/h4-8H,14H2,1-3H3,(H,15,16).